The summed E-state index contributed by atoms with van der Waals surface area (Å²) in [5.74, 6) is 0.926. The van der Waals surface area contributed by atoms with Crippen molar-refractivity contribution in [3.8, 4) is 11.4 Å². The molecule has 200 valence electrons. The van der Waals surface area contributed by atoms with E-state index in [4.69, 9.17) is 21.9 Å². The zero-order valence-corrected chi connectivity index (χ0v) is 24.0. The van der Waals surface area contributed by atoms with Crippen LogP contribution in [0.5, 0.6) is 5.75 Å². The van der Waals surface area contributed by atoms with Crippen LogP contribution in [0.25, 0.3) is 5.69 Å². The maximum absolute atomic E-state index is 6.25. The molecule has 2 atom stereocenters. The van der Waals surface area contributed by atoms with Crippen LogP contribution in [0.1, 0.15) is 71.5 Å². The molecule has 2 fully saturated rings. The highest BCUT2D eigenvalue weighted by Gasteiger charge is 2.42. The van der Waals surface area contributed by atoms with E-state index in [2.05, 4.69) is 97.1 Å². The highest BCUT2D eigenvalue weighted by atomic mass is 32.1. The number of benzene rings is 2. The van der Waals surface area contributed by atoms with Crippen molar-refractivity contribution < 1.29 is 4.74 Å². The molecule has 2 aliphatic rings. The van der Waals surface area contributed by atoms with Gasteiger partial charge < -0.3 is 19.5 Å². The van der Waals surface area contributed by atoms with E-state index in [1.165, 1.54) is 46.6 Å². The molecule has 1 saturated heterocycles. The quantitative estimate of drug-likeness (QED) is 0.257. The predicted octanol–water partition coefficient (Wildman–Crippen LogP) is 7.60. The van der Waals surface area contributed by atoms with E-state index in [9.17, 15) is 0 Å². The standard InChI is InChI=1S/C33H36N4OS/c1-21-12-13-22(2)30(19-21)36-23(3)20-28(24(36)4)32-31(29-11-7-8-18-34-29)35-33(39)37(32)25-14-16-27(17-15-25)38-26-9-5-6-10-26/h7-8,11-20,26,31-32H,5-6,9-10H2,1-4H3,(H,35,39)/t31-,32+/m1/s1. The third-order valence-corrected chi connectivity index (χ3v) is 8.53. The first-order valence-corrected chi connectivity index (χ1v) is 14.4. The molecule has 1 N–H and O–H groups in total. The van der Waals surface area contributed by atoms with Gasteiger partial charge in [0.2, 0.25) is 0 Å². The van der Waals surface area contributed by atoms with Crippen molar-refractivity contribution >= 4 is 23.0 Å². The topological polar surface area (TPSA) is 42.3 Å². The summed E-state index contributed by atoms with van der Waals surface area (Å²) in [5, 5.41) is 4.32. The second-order valence-electron chi connectivity index (χ2n) is 11.0. The van der Waals surface area contributed by atoms with Crippen molar-refractivity contribution in [1.82, 2.24) is 14.9 Å². The SMILES string of the molecule is Cc1ccc(C)c(-n2c(C)cc([C@H]3[C@@H](c4ccccn4)NC(=S)N3c3ccc(OC4CCCC4)cc3)c2C)c1. The minimum atomic E-state index is -0.0827. The molecule has 0 bridgehead atoms. The lowest BCUT2D eigenvalue weighted by Gasteiger charge is -2.28. The molecule has 1 aliphatic heterocycles. The molecule has 3 heterocycles. The molecular weight excluding hydrogens is 500 g/mol. The molecule has 0 spiro atoms. The summed E-state index contributed by atoms with van der Waals surface area (Å²) < 4.78 is 8.63. The van der Waals surface area contributed by atoms with Gasteiger partial charge in [-0.05, 0) is 131 Å². The van der Waals surface area contributed by atoms with Crippen LogP contribution in [-0.2, 0) is 0 Å². The summed E-state index contributed by atoms with van der Waals surface area (Å²) in [6.07, 6.45) is 6.99. The first kappa shape index (κ1) is 25.6. The molecule has 6 rings (SSSR count). The highest BCUT2D eigenvalue weighted by Crippen LogP contribution is 2.44. The van der Waals surface area contributed by atoms with Crippen LogP contribution >= 0.6 is 12.2 Å². The molecule has 6 heteroatoms. The number of thiocarbonyl (C=S) groups is 1. The minimum Gasteiger partial charge on any atom is -0.490 e. The molecule has 5 nitrogen and oxygen atoms in total. The Morgan fingerprint density at radius 1 is 0.923 bits per heavy atom. The Balaban J connectivity index is 1.43. The zero-order valence-electron chi connectivity index (χ0n) is 23.1. The number of nitrogens with zero attached hydrogens (tertiary/aromatic N) is 3. The van der Waals surface area contributed by atoms with E-state index in [-0.39, 0.29) is 12.1 Å². The predicted molar refractivity (Wildman–Crippen MR) is 162 cm³/mol. The van der Waals surface area contributed by atoms with Crippen LogP contribution in [0.4, 0.5) is 5.69 Å². The number of ether oxygens (including phenoxy) is 1. The maximum Gasteiger partial charge on any atom is 0.174 e. The third-order valence-electron chi connectivity index (χ3n) is 8.21. The smallest absolute Gasteiger partial charge is 0.174 e. The lowest BCUT2D eigenvalue weighted by molar-refractivity contribution is 0.210. The van der Waals surface area contributed by atoms with E-state index < -0.39 is 0 Å². The van der Waals surface area contributed by atoms with E-state index in [1.807, 2.05) is 18.3 Å². The van der Waals surface area contributed by atoms with Gasteiger partial charge in [-0.25, -0.2) is 0 Å². The van der Waals surface area contributed by atoms with Gasteiger partial charge in [0.05, 0.1) is 23.9 Å². The average Bonchev–Trinajstić information content (AvgIpc) is 3.64. The van der Waals surface area contributed by atoms with Crippen LogP contribution < -0.4 is 15.0 Å². The Hall–Kier alpha value is -3.64. The Kier molecular flexibility index (Phi) is 6.90. The molecule has 4 aromatic rings. The van der Waals surface area contributed by atoms with Crippen molar-refractivity contribution in [2.24, 2.45) is 0 Å². The fourth-order valence-electron chi connectivity index (χ4n) is 6.25. The van der Waals surface area contributed by atoms with Gasteiger partial charge in [-0.1, -0.05) is 18.2 Å². The van der Waals surface area contributed by atoms with E-state index in [0.717, 1.165) is 30.0 Å². The Morgan fingerprint density at radius 2 is 1.69 bits per heavy atom. The van der Waals surface area contributed by atoms with Crippen LogP contribution in [0.2, 0.25) is 0 Å². The number of nitrogens with one attached hydrogen (secondary N) is 1. The summed E-state index contributed by atoms with van der Waals surface area (Å²) in [6.45, 7) is 8.74. The van der Waals surface area contributed by atoms with Crippen molar-refractivity contribution in [3.63, 3.8) is 0 Å². The van der Waals surface area contributed by atoms with Gasteiger partial charge in [-0.3, -0.25) is 4.98 Å². The number of aromatic nitrogens is 2. The number of anilines is 1. The van der Waals surface area contributed by atoms with Crippen molar-refractivity contribution in [2.75, 3.05) is 4.90 Å². The number of aryl methyl sites for hydroxylation is 3. The van der Waals surface area contributed by atoms with Crippen LogP contribution in [-0.4, -0.2) is 20.8 Å². The van der Waals surface area contributed by atoms with E-state index in [1.54, 1.807) is 0 Å². The summed E-state index contributed by atoms with van der Waals surface area (Å²) in [6, 6.07) is 23.3. The van der Waals surface area contributed by atoms with Gasteiger partial charge in [0, 0.05) is 29.0 Å². The molecule has 0 amide bonds. The van der Waals surface area contributed by atoms with Crippen molar-refractivity contribution in [3.05, 3.63) is 107 Å². The molecule has 2 aromatic heterocycles. The first-order chi connectivity index (χ1) is 18.9. The molecule has 1 aliphatic carbocycles. The number of pyridine rings is 1. The molecule has 1 saturated carbocycles. The lowest BCUT2D eigenvalue weighted by atomic mass is 9.96. The van der Waals surface area contributed by atoms with Crippen LogP contribution in [0.15, 0.2) is 72.9 Å². The van der Waals surface area contributed by atoms with Gasteiger partial charge in [0.15, 0.2) is 5.11 Å². The van der Waals surface area contributed by atoms with Crippen molar-refractivity contribution in [1.29, 1.82) is 0 Å². The molecular formula is C33H36N4OS. The molecule has 0 radical (unpaired) electrons. The average molecular weight is 537 g/mol. The number of hydrogen-bond donors (Lipinski definition) is 1. The molecule has 0 unspecified atom stereocenters. The van der Waals surface area contributed by atoms with Gasteiger partial charge >= 0.3 is 0 Å². The van der Waals surface area contributed by atoms with E-state index in [0.29, 0.717) is 11.2 Å². The van der Waals surface area contributed by atoms with Crippen LogP contribution in [0.3, 0.4) is 0 Å². The van der Waals surface area contributed by atoms with Gasteiger partial charge in [-0.15, -0.1) is 0 Å². The fraction of sp³-hybridized carbons (Fsp3) is 0.333. The second-order valence-corrected chi connectivity index (χ2v) is 11.4. The van der Waals surface area contributed by atoms with Gasteiger partial charge in [0.1, 0.15) is 5.75 Å². The largest absolute Gasteiger partial charge is 0.490 e. The monoisotopic (exact) mass is 536 g/mol. The third kappa shape index (κ3) is 4.82. The summed E-state index contributed by atoms with van der Waals surface area (Å²) in [4.78, 5) is 6.99. The van der Waals surface area contributed by atoms with Crippen LogP contribution in [0, 0.1) is 27.7 Å². The second kappa shape index (κ2) is 10.5. The number of rotatable bonds is 6. The van der Waals surface area contributed by atoms with E-state index >= 15 is 0 Å². The Bertz CT molecular complexity index is 1490. The van der Waals surface area contributed by atoms with Gasteiger partial charge in [0.25, 0.3) is 0 Å². The summed E-state index contributed by atoms with van der Waals surface area (Å²) in [5.41, 5.74) is 9.41. The Morgan fingerprint density at radius 3 is 2.41 bits per heavy atom. The normalized spacial score (nSPS) is 19.5. The zero-order chi connectivity index (χ0) is 27.1. The lowest BCUT2D eigenvalue weighted by Crippen LogP contribution is -2.29. The first-order valence-electron chi connectivity index (χ1n) is 13.9. The minimum absolute atomic E-state index is 0.0564. The maximum atomic E-state index is 6.25. The van der Waals surface area contributed by atoms with Gasteiger partial charge in [-0.2, -0.15) is 0 Å². The summed E-state index contributed by atoms with van der Waals surface area (Å²) in [7, 11) is 0. The number of hydrogen-bond acceptors (Lipinski definition) is 3. The fourth-order valence-corrected chi connectivity index (χ4v) is 6.60. The Labute approximate surface area is 236 Å². The molecule has 39 heavy (non-hydrogen) atoms. The van der Waals surface area contributed by atoms with Crippen molar-refractivity contribution in [2.45, 2.75) is 71.6 Å². The summed E-state index contributed by atoms with van der Waals surface area (Å²) >= 11 is 5.99. The highest BCUT2D eigenvalue weighted by molar-refractivity contribution is 7.80. The molecule has 2 aromatic carbocycles.